The molecule has 6 heteroatoms. The first-order chi connectivity index (χ1) is 9.28. The number of halogens is 1. The Morgan fingerprint density at radius 3 is 2.85 bits per heavy atom. The first-order valence-corrected chi connectivity index (χ1v) is 6.57. The quantitative estimate of drug-likeness (QED) is 0.893. The number of fused-ring (bicyclic) bond motifs is 1. The van der Waals surface area contributed by atoms with E-state index in [9.17, 15) is 4.79 Å². The van der Waals surface area contributed by atoms with Crippen molar-refractivity contribution in [3.63, 3.8) is 0 Å². The average molecular weight is 296 g/mol. The fourth-order valence-electron chi connectivity index (χ4n) is 2.48. The van der Waals surface area contributed by atoms with Gasteiger partial charge in [-0.25, -0.2) is 4.98 Å². The topological polar surface area (TPSA) is 67.0 Å². The number of nitrogens with zero attached hydrogens (tertiary/aromatic N) is 1. The second-order valence-electron chi connectivity index (χ2n) is 4.82. The van der Waals surface area contributed by atoms with Gasteiger partial charge in [0.05, 0.1) is 11.0 Å². The van der Waals surface area contributed by atoms with Crippen molar-refractivity contribution in [2.24, 2.45) is 0 Å². The van der Waals surface area contributed by atoms with Crippen molar-refractivity contribution in [1.29, 1.82) is 0 Å². The highest BCUT2D eigenvalue weighted by Crippen LogP contribution is 2.26. The number of ether oxygens (including phenoxy) is 1. The normalized spacial score (nSPS) is 15.8. The Hall–Kier alpha value is -1.59. The lowest BCUT2D eigenvalue weighted by molar-refractivity contribution is 0.0838. The molecule has 0 bridgehead atoms. The van der Waals surface area contributed by atoms with Crippen LogP contribution in [0, 0.1) is 0 Å². The summed E-state index contributed by atoms with van der Waals surface area (Å²) in [6, 6.07) is 5.54. The molecule has 1 aliphatic heterocycles. The molecule has 0 aliphatic carbocycles. The Bertz CT molecular complexity index is 605. The summed E-state index contributed by atoms with van der Waals surface area (Å²) in [5, 5.41) is 2.63. The molecule has 2 aromatic rings. The van der Waals surface area contributed by atoms with Gasteiger partial charge in [-0.05, 0) is 31.0 Å². The van der Waals surface area contributed by atoms with E-state index in [2.05, 4.69) is 15.3 Å². The predicted molar refractivity (Wildman–Crippen MR) is 79.5 cm³/mol. The van der Waals surface area contributed by atoms with Gasteiger partial charge in [0, 0.05) is 31.7 Å². The summed E-state index contributed by atoms with van der Waals surface area (Å²) in [6.45, 7) is 1.59. The maximum absolute atomic E-state index is 11.6. The van der Waals surface area contributed by atoms with E-state index in [0.717, 1.165) is 42.9 Å². The summed E-state index contributed by atoms with van der Waals surface area (Å²) in [4.78, 5) is 19.6. The second-order valence-corrected chi connectivity index (χ2v) is 4.82. The Balaban J connectivity index is 0.00000147. The number of benzene rings is 1. The molecule has 1 aromatic carbocycles. The van der Waals surface area contributed by atoms with E-state index >= 15 is 0 Å². The summed E-state index contributed by atoms with van der Waals surface area (Å²) in [6.07, 6.45) is 2.00. The van der Waals surface area contributed by atoms with E-state index in [-0.39, 0.29) is 18.3 Å². The number of hydrogen-bond donors (Lipinski definition) is 2. The van der Waals surface area contributed by atoms with Crippen molar-refractivity contribution in [3.05, 3.63) is 29.6 Å². The highest BCUT2D eigenvalue weighted by atomic mass is 35.5. The molecule has 2 N–H and O–H groups in total. The molecule has 1 amide bonds. The third-order valence-electron chi connectivity index (χ3n) is 3.60. The standard InChI is InChI=1S/C14H17N3O2.ClH/c1-15-14(18)10-2-3-11-12(8-10)17-13(16-11)9-4-6-19-7-5-9;/h2-3,8-9H,4-7H2,1H3,(H,15,18)(H,16,17);1H. The van der Waals surface area contributed by atoms with Crippen LogP contribution in [0.25, 0.3) is 11.0 Å². The molecule has 1 aliphatic rings. The van der Waals surface area contributed by atoms with Gasteiger partial charge < -0.3 is 15.0 Å². The number of carbonyl (C=O) groups excluding carboxylic acids is 1. The minimum Gasteiger partial charge on any atom is -0.381 e. The summed E-state index contributed by atoms with van der Waals surface area (Å²) in [5.41, 5.74) is 2.48. The summed E-state index contributed by atoms with van der Waals surface area (Å²) in [5.74, 6) is 1.36. The third-order valence-corrected chi connectivity index (χ3v) is 3.60. The van der Waals surface area contributed by atoms with Gasteiger partial charge in [-0.3, -0.25) is 4.79 Å². The van der Waals surface area contributed by atoms with E-state index in [1.165, 1.54) is 0 Å². The average Bonchev–Trinajstić information content (AvgIpc) is 2.90. The highest BCUT2D eigenvalue weighted by Gasteiger charge is 2.19. The summed E-state index contributed by atoms with van der Waals surface area (Å²) >= 11 is 0. The molecule has 0 spiro atoms. The molecular weight excluding hydrogens is 278 g/mol. The van der Waals surface area contributed by atoms with E-state index in [1.54, 1.807) is 13.1 Å². The van der Waals surface area contributed by atoms with Crippen LogP contribution >= 0.6 is 12.4 Å². The van der Waals surface area contributed by atoms with Crippen LogP contribution in [0.2, 0.25) is 0 Å². The van der Waals surface area contributed by atoms with Crippen LogP contribution in [0.3, 0.4) is 0 Å². The van der Waals surface area contributed by atoms with Gasteiger partial charge >= 0.3 is 0 Å². The van der Waals surface area contributed by atoms with Crippen LogP contribution in [0.4, 0.5) is 0 Å². The number of imidazole rings is 1. The van der Waals surface area contributed by atoms with E-state index in [4.69, 9.17) is 4.74 Å². The fourth-order valence-corrected chi connectivity index (χ4v) is 2.48. The van der Waals surface area contributed by atoms with Gasteiger partial charge in [0.2, 0.25) is 0 Å². The minimum absolute atomic E-state index is 0. The van der Waals surface area contributed by atoms with Gasteiger partial charge in [-0.2, -0.15) is 0 Å². The monoisotopic (exact) mass is 295 g/mol. The van der Waals surface area contributed by atoms with Crippen LogP contribution in [0.15, 0.2) is 18.2 Å². The van der Waals surface area contributed by atoms with Crippen molar-refractivity contribution in [1.82, 2.24) is 15.3 Å². The number of nitrogens with one attached hydrogen (secondary N) is 2. The number of carbonyl (C=O) groups is 1. The largest absolute Gasteiger partial charge is 0.381 e. The van der Waals surface area contributed by atoms with E-state index in [0.29, 0.717) is 11.5 Å². The molecule has 0 unspecified atom stereocenters. The maximum atomic E-state index is 11.6. The van der Waals surface area contributed by atoms with Crippen molar-refractivity contribution in [2.45, 2.75) is 18.8 Å². The van der Waals surface area contributed by atoms with Gasteiger partial charge in [0.15, 0.2) is 0 Å². The Morgan fingerprint density at radius 2 is 2.15 bits per heavy atom. The third kappa shape index (κ3) is 2.78. The van der Waals surface area contributed by atoms with Crippen LogP contribution in [-0.4, -0.2) is 36.1 Å². The lowest BCUT2D eigenvalue weighted by Crippen LogP contribution is -2.17. The molecule has 0 atom stereocenters. The van der Waals surface area contributed by atoms with Crippen LogP contribution in [0.5, 0.6) is 0 Å². The number of hydrogen-bond acceptors (Lipinski definition) is 3. The number of aromatic nitrogens is 2. The molecular formula is C14H18ClN3O2. The van der Waals surface area contributed by atoms with Crippen LogP contribution in [0.1, 0.15) is 34.9 Å². The zero-order valence-corrected chi connectivity index (χ0v) is 12.1. The lowest BCUT2D eigenvalue weighted by atomic mass is 10.00. The molecule has 0 saturated carbocycles. The fraction of sp³-hybridized carbons (Fsp3) is 0.429. The van der Waals surface area contributed by atoms with Crippen LogP contribution in [-0.2, 0) is 4.74 Å². The van der Waals surface area contributed by atoms with Crippen LogP contribution < -0.4 is 5.32 Å². The molecule has 0 radical (unpaired) electrons. The predicted octanol–water partition coefficient (Wildman–Crippen LogP) is 2.24. The minimum atomic E-state index is -0.0795. The molecule has 5 nitrogen and oxygen atoms in total. The molecule has 1 aromatic heterocycles. The summed E-state index contributed by atoms with van der Waals surface area (Å²) in [7, 11) is 1.63. The zero-order chi connectivity index (χ0) is 13.2. The number of aromatic amines is 1. The SMILES string of the molecule is CNC(=O)c1ccc2nc(C3CCOCC3)[nH]c2c1.Cl. The van der Waals surface area contributed by atoms with Crippen molar-refractivity contribution in [2.75, 3.05) is 20.3 Å². The lowest BCUT2D eigenvalue weighted by Gasteiger charge is -2.19. The molecule has 2 heterocycles. The molecule has 3 rings (SSSR count). The molecule has 108 valence electrons. The molecule has 1 saturated heterocycles. The number of rotatable bonds is 2. The van der Waals surface area contributed by atoms with Crippen molar-refractivity contribution >= 4 is 29.3 Å². The second kappa shape index (κ2) is 6.24. The molecule has 20 heavy (non-hydrogen) atoms. The smallest absolute Gasteiger partial charge is 0.251 e. The number of H-pyrrole nitrogens is 1. The van der Waals surface area contributed by atoms with E-state index in [1.807, 2.05) is 12.1 Å². The Kier molecular flexibility index (Phi) is 4.62. The van der Waals surface area contributed by atoms with Gasteiger partial charge in [0.1, 0.15) is 5.82 Å². The van der Waals surface area contributed by atoms with Crippen molar-refractivity contribution < 1.29 is 9.53 Å². The maximum Gasteiger partial charge on any atom is 0.251 e. The van der Waals surface area contributed by atoms with Crippen molar-refractivity contribution in [3.8, 4) is 0 Å². The summed E-state index contributed by atoms with van der Waals surface area (Å²) < 4.78 is 5.37. The number of amides is 1. The zero-order valence-electron chi connectivity index (χ0n) is 11.3. The van der Waals surface area contributed by atoms with E-state index < -0.39 is 0 Å². The Labute approximate surface area is 123 Å². The van der Waals surface area contributed by atoms with Gasteiger partial charge in [-0.15, -0.1) is 12.4 Å². The Morgan fingerprint density at radius 1 is 1.40 bits per heavy atom. The van der Waals surface area contributed by atoms with Gasteiger partial charge in [-0.1, -0.05) is 0 Å². The first kappa shape index (κ1) is 14.8. The first-order valence-electron chi connectivity index (χ1n) is 6.57. The van der Waals surface area contributed by atoms with Gasteiger partial charge in [0.25, 0.3) is 5.91 Å². The highest BCUT2D eigenvalue weighted by molar-refractivity contribution is 5.97. The molecule has 1 fully saturated rings.